The van der Waals surface area contributed by atoms with Crippen molar-refractivity contribution in [1.29, 1.82) is 0 Å². The molecule has 8 heteroatoms. The monoisotopic (exact) mass is 1270 g/mol. The van der Waals surface area contributed by atoms with Crippen LogP contribution in [0.25, 0.3) is 21.5 Å². The number of benzene rings is 12. The molecule has 0 spiro atoms. The highest BCUT2D eigenvalue weighted by Gasteiger charge is 2.44. The molecule has 7 nitrogen and oxygen atoms in total. The fourth-order valence-electron chi connectivity index (χ4n) is 13.5. The third kappa shape index (κ3) is 11.6. The molecule has 12 aromatic carbocycles. The number of nitrogens with zero attached hydrogens (tertiary/aromatic N) is 5. The zero-order valence-corrected chi connectivity index (χ0v) is 54.1. The topological polar surface area (TPSA) is 88.5 Å². The fourth-order valence-corrected chi connectivity index (χ4v) is 13.9. The van der Waals surface area contributed by atoms with E-state index in [1.165, 1.54) is 0 Å². The van der Waals surface area contributed by atoms with Crippen LogP contribution < -0.4 is 0 Å². The summed E-state index contributed by atoms with van der Waals surface area (Å²) in [6, 6.07) is 109. The van der Waals surface area contributed by atoms with Gasteiger partial charge in [0, 0.05) is 28.0 Å². The van der Waals surface area contributed by atoms with Gasteiger partial charge in [0.05, 0.1) is 35.4 Å². The van der Waals surface area contributed by atoms with Crippen LogP contribution in [-0.4, -0.2) is 35.0 Å². The molecule has 0 saturated heterocycles. The number of fused-ring (bicyclic) bond motifs is 2. The Morgan fingerprint density at radius 2 is 0.634 bits per heavy atom. The first-order chi connectivity index (χ1) is 45.4. The van der Waals surface area contributed by atoms with Gasteiger partial charge < -0.3 is 19.3 Å². The van der Waals surface area contributed by atoms with Crippen LogP contribution in [0.3, 0.4) is 0 Å². The molecule has 0 bridgehead atoms. The van der Waals surface area contributed by atoms with E-state index in [2.05, 4.69) is 263 Å². The molecule has 93 heavy (non-hydrogen) atoms. The molecule has 0 radical (unpaired) electrons. The summed E-state index contributed by atoms with van der Waals surface area (Å²) in [4.78, 5) is 15.1. The first-order valence-corrected chi connectivity index (χ1v) is 32.5. The number of aliphatic hydroxyl groups is 2. The van der Waals surface area contributed by atoms with E-state index in [1.807, 2.05) is 130 Å². The largest absolute Gasteiger partial charge is 0.378 e. The summed E-state index contributed by atoms with van der Waals surface area (Å²) < 4.78 is 5.36. The number of rotatable bonds is 17. The van der Waals surface area contributed by atoms with E-state index in [0.717, 1.165) is 93.1 Å². The molecule has 0 aliphatic carbocycles. The zero-order valence-electron chi connectivity index (χ0n) is 52.5. The number of hydrogen-bond acceptors (Lipinski definition) is 5. The quantitative estimate of drug-likeness (QED) is 0.0702. The van der Waals surface area contributed by atoms with Gasteiger partial charge >= 0.3 is 0 Å². The van der Waals surface area contributed by atoms with E-state index in [9.17, 15) is 10.2 Å². The van der Waals surface area contributed by atoms with Crippen LogP contribution in [0.15, 0.2) is 350 Å². The van der Waals surface area contributed by atoms with Crippen molar-refractivity contribution in [2.75, 3.05) is 0 Å². The van der Waals surface area contributed by atoms with E-state index in [0.29, 0.717) is 11.4 Å². The van der Waals surface area contributed by atoms with E-state index >= 15 is 0 Å². The first kappa shape index (κ1) is 61.5. The van der Waals surface area contributed by atoms with Crippen LogP contribution in [0.5, 0.6) is 0 Å². The van der Waals surface area contributed by atoms with E-state index < -0.39 is 22.3 Å². The Balaban J connectivity index is 0.000000176. The number of hydrogen-bond donors (Lipinski definition) is 2. The highest BCUT2D eigenvalue weighted by atomic mass is 79.9. The molecule has 2 unspecified atom stereocenters. The molecule has 2 N–H and O–H groups in total. The van der Waals surface area contributed by atoms with Gasteiger partial charge in [0.15, 0.2) is 0 Å². The number of aromatic nitrogens is 4. The van der Waals surface area contributed by atoms with Gasteiger partial charge in [-0.2, -0.15) is 0 Å². The molecule has 2 heterocycles. The predicted molar refractivity (Wildman–Crippen MR) is 383 cm³/mol. The Hall–Kier alpha value is -10.4. The lowest BCUT2D eigenvalue weighted by atomic mass is 9.76. The van der Waals surface area contributed by atoms with E-state index in [1.54, 1.807) is 0 Å². The molecule has 0 saturated carbocycles. The Morgan fingerprint density at radius 3 is 0.968 bits per heavy atom. The molecular formula is C85H72BrN5O2. The predicted octanol–water partition coefficient (Wildman–Crippen LogP) is 19.5. The van der Waals surface area contributed by atoms with Crippen molar-refractivity contribution in [3.63, 3.8) is 0 Å². The van der Waals surface area contributed by atoms with Gasteiger partial charge in [-0.05, 0) is 114 Å². The zero-order chi connectivity index (χ0) is 64.0. The third-order valence-electron chi connectivity index (χ3n) is 18.4. The minimum Gasteiger partial charge on any atom is -0.378 e. The maximum atomic E-state index is 12.8. The average molecular weight is 1280 g/mol. The van der Waals surface area contributed by atoms with Crippen molar-refractivity contribution in [1.82, 2.24) is 19.1 Å². The van der Waals surface area contributed by atoms with Crippen LogP contribution in [-0.2, 0) is 22.3 Å². The Kier molecular flexibility index (Phi) is 17.5. The summed E-state index contributed by atoms with van der Waals surface area (Å²) in [6.07, 6.45) is 7.80. The number of aliphatic imine (C=N–C) groups is 1. The second kappa shape index (κ2) is 26.5. The summed E-state index contributed by atoms with van der Waals surface area (Å²) >= 11 is 3.57. The fraction of sp³-hybridized carbons (Fsp3) is 0.118. The normalized spacial score (nSPS) is 13.0. The lowest BCUT2D eigenvalue weighted by Gasteiger charge is -2.37. The molecule has 14 rings (SSSR count). The Morgan fingerprint density at radius 1 is 0.344 bits per heavy atom. The van der Waals surface area contributed by atoms with Crippen LogP contribution >= 0.6 is 15.9 Å². The minimum absolute atomic E-state index is 0.122. The maximum Gasteiger partial charge on any atom is 0.135 e. The molecule has 0 aliphatic rings. The second-order valence-electron chi connectivity index (χ2n) is 24.4. The summed E-state index contributed by atoms with van der Waals surface area (Å²) in [5, 5.41) is 29.5. The van der Waals surface area contributed by atoms with Crippen LogP contribution in [0.2, 0.25) is 0 Å². The van der Waals surface area contributed by atoms with Gasteiger partial charge in [-0.1, -0.05) is 323 Å². The summed E-state index contributed by atoms with van der Waals surface area (Å²) in [5.41, 5.74) is 9.30. The highest BCUT2D eigenvalue weighted by molar-refractivity contribution is 9.10. The van der Waals surface area contributed by atoms with Crippen molar-refractivity contribution in [3.8, 4) is 0 Å². The smallest absolute Gasteiger partial charge is 0.135 e. The lowest BCUT2D eigenvalue weighted by Crippen LogP contribution is -2.37. The average Bonchev–Trinajstić information content (AvgIpc) is 1.71. The standard InChI is InChI=1S/C49H41N3O.C36H31BrN2O/c1-36(2)49(53,44-30-28-40-33-45(31-29-39(40)32-44)51-47(37-18-8-3-9-19-37)38-20-10-4-11-21-38)46-34-52(35-50-46)48(41-22-12-5-13-23-41,42-24-14-6-15-25-42)43-26-16-7-17-27-43;1-26(2)36(40,32-20-18-28-23-33(37)21-19-27(28)22-32)34-24-39(25-38-34)35(29-12-6-3-7-13-29,30-14-8-4-9-15-30)31-16-10-5-11-17-31/h3-36,53H,1-2H3;3-26,40H,1-2H3. The van der Waals surface area contributed by atoms with Crippen LogP contribution in [0.1, 0.15) is 94.7 Å². The van der Waals surface area contributed by atoms with Gasteiger partial charge in [0.2, 0.25) is 0 Å². The molecule has 0 aliphatic heterocycles. The van der Waals surface area contributed by atoms with Crippen molar-refractivity contribution in [2.45, 2.75) is 50.0 Å². The van der Waals surface area contributed by atoms with E-state index in [4.69, 9.17) is 15.0 Å². The Labute approximate surface area is 553 Å². The van der Waals surface area contributed by atoms with Crippen molar-refractivity contribution < 1.29 is 10.2 Å². The van der Waals surface area contributed by atoms with Crippen molar-refractivity contribution in [3.05, 3.63) is 412 Å². The van der Waals surface area contributed by atoms with E-state index in [-0.39, 0.29) is 11.8 Å². The lowest BCUT2D eigenvalue weighted by molar-refractivity contribution is 0.0277. The van der Waals surface area contributed by atoms with Gasteiger partial charge in [-0.15, -0.1) is 0 Å². The van der Waals surface area contributed by atoms with Crippen molar-refractivity contribution in [2.24, 2.45) is 16.8 Å². The highest BCUT2D eigenvalue weighted by Crippen LogP contribution is 2.46. The molecule has 14 aromatic rings. The van der Waals surface area contributed by atoms with Gasteiger partial charge in [0.1, 0.15) is 22.3 Å². The molecule has 2 aromatic heterocycles. The summed E-state index contributed by atoms with van der Waals surface area (Å²) in [6.45, 7) is 8.19. The first-order valence-electron chi connectivity index (χ1n) is 31.7. The van der Waals surface area contributed by atoms with Crippen LogP contribution in [0.4, 0.5) is 5.69 Å². The minimum atomic E-state index is -1.36. The molecule has 2 atom stereocenters. The molecule has 0 amide bonds. The third-order valence-corrected chi connectivity index (χ3v) is 18.9. The number of halogens is 1. The van der Waals surface area contributed by atoms with Crippen LogP contribution in [0, 0.1) is 11.8 Å². The van der Waals surface area contributed by atoms with Gasteiger partial charge in [0.25, 0.3) is 0 Å². The second-order valence-corrected chi connectivity index (χ2v) is 25.4. The molecular weight excluding hydrogens is 1200 g/mol. The Bertz CT molecular complexity index is 4600. The summed E-state index contributed by atoms with van der Waals surface area (Å²) in [5.74, 6) is -0.297. The van der Waals surface area contributed by atoms with Crippen molar-refractivity contribution >= 4 is 48.9 Å². The molecule has 0 fully saturated rings. The number of imidazole rings is 2. The molecule has 456 valence electrons. The maximum absolute atomic E-state index is 12.8. The summed E-state index contributed by atoms with van der Waals surface area (Å²) in [7, 11) is 0. The van der Waals surface area contributed by atoms with Gasteiger partial charge in [-0.25, -0.2) is 15.0 Å². The SMILES string of the molecule is CC(C)C(O)(c1ccc2cc(Br)ccc2c1)c1cn(C(c2ccccc2)(c2ccccc2)c2ccccc2)cn1.CC(C)C(O)(c1ccc2cc(N=C(c3ccccc3)c3ccccc3)ccc2c1)c1cn(C(c2ccccc2)(c2ccccc2)c2ccccc2)cn1. The van der Waals surface area contributed by atoms with Gasteiger partial charge in [-0.3, -0.25) is 0 Å².